The van der Waals surface area contributed by atoms with Crippen LogP contribution in [0.15, 0.2) is 40.0 Å². The first-order valence-electron chi connectivity index (χ1n) is 9.15. The summed E-state index contributed by atoms with van der Waals surface area (Å²) in [6.07, 6.45) is 4.57. The minimum Gasteiger partial charge on any atom is -0.469 e. The van der Waals surface area contributed by atoms with Crippen molar-refractivity contribution in [3.05, 3.63) is 53.3 Å². The maximum absolute atomic E-state index is 5.36. The topological polar surface area (TPSA) is 67.4 Å². The largest absolute Gasteiger partial charge is 0.469 e. The second-order valence-electron chi connectivity index (χ2n) is 6.68. The van der Waals surface area contributed by atoms with Crippen molar-refractivity contribution in [2.24, 2.45) is 12.0 Å². The smallest absolute Gasteiger partial charge is 0.191 e. The van der Waals surface area contributed by atoms with E-state index in [1.54, 1.807) is 6.26 Å². The number of guanidine groups is 1. The number of aliphatic imine (C=N–C) groups is 1. The zero-order valence-electron chi connectivity index (χ0n) is 16.4. The molecule has 0 atom stereocenters. The Hall–Kier alpha value is -2.50. The minimum absolute atomic E-state index is 0.622. The number of nitrogens with zero attached hydrogens (tertiary/aromatic N) is 3. The summed E-state index contributed by atoms with van der Waals surface area (Å²) in [7, 11) is 2.00. The molecule has 0 aliphatic rings. The van der Waals surface area contributed by atoms with Gasteiger partial charge in [-0.25, -0.2) is 4.99 Å². The van der Waals surface area contributed by atoms with Crippen molar-refractivity contribution in [3.8, 4) is 0 Å². The number of furan rings is 1. The van der Waals surface area contributed by atoms with Crippen LogP contribution in [0.5, 0.6) is 0 Å². The van der Waals surface area contributed by atoms with Crippen molar-refractivity contribution in [1.82, 2.24) is 20.4 Å². The molecular formula is C20H31N5O. The van der Waals surface area contributed by atoms with Crippen LogP contribution in [0.2, 0.25) is 0 Å². The molecule has 2 aromatic rings. The van der Waals surface area contributed by atoms with Crippen LogP contribution in [0, 0.1) is 13.8 Å². The van der Waals surface area contributed by atoms with Gasteiger partial charge in [0.15, 0.2) is 5.96 Å². The maximum atomic E-state index is 5.36. The summed E-state index contributed by atoms with van der Waals surface area (Å²) >= 11 is 0. The SMILES string of the molecule is C=C(C)CN=C(NCCCc1c(C)nn(C)c1C)NCCc1ccco1. The van der Waals surface area contributed by atoms with Crippen molar-refractivity contribution in [2.45, 2.75) is 40.0 Å². The zero-order valence-corrected chi connectivity index (χ0v) is 16.4. The van der Waals surface area contributed by atoms with Crippen LogP contribution in [0.3, 0.4) is 0 Å². The normalized spacial score (nSPS) is 11.6. The molecule has 2 heterocycles. The highest BCUT2D eigenvalue weighted by Gasteiger charge is 2.08. The number of aromatic nitrogens is 2. The van der Waals surface area contributed by atoms with E-state index in [1.807, 2.05) is 30.8 Å². The molecule has 0 spiro atoms. The molecule has 26 heavy (non-hydrogen) atoms. The third-order valence-corrected chi connectivity index (χ3v) is 4.31. The van der Waals surface area contributed by atoms with Gasteiger partial charge in [0.1, 0.15) is 5.76 Å². The van der Waals surface area contributed by atoms with Crippen molar-refractivity contribution in [1.29, 1.82) is 0 Å². The van der Waals surface area contributed by atoms with Gasteiger partial charge in [0, 0.05) is 32.3 Å². The van der Waals surface area contributed by atoms with Gasteiger partial charge in [0.05, 0.1) is 18.5 Å². The third-order valence-electron chi connectivity index (χ3n) is 4.31. The van der Waals surface area contributed by atoms with Gasteiger partial charge in [-0.2, -0.15) is 5.10 Å². The van der Waals surface area contributed by atoms with Crippen LogP contribution in [0.1, 0.15) is 36.1 Å². The average Bonchev–Trinajstić information content (AvgIpc) is 3.18. The first-order valence-corrected chi connectivity index (χ1v) is 9.15. The Kier molecular flexibility index (Phi) is 7.51. The van der Waals surface area contributed by atoms with Crippen LogP contribution in [0.25, 0.3) is 0 Å². The van der Waals surface area contributed by atoms with Crippen LogP contribution in [-0.2, 0) is 19.9 Å². The summed E-state index contributed by atoms with van der Waals surface area (Å²) in [5.74, 6) is 1.79. The molecule has 6 heteroatoms. The molecule has 0 fully saturated rings. The molecule has 0 bridgehead atoms. The summed E-state index contributed by atoms with van der Waals surface area (Å²) in [4.78, 5) is 4.57. The second kappa shape index (κ2) is 9.85. The predicted octanol–water partition coefficient (Wildman–Crippen LogP) is 2.92. The second-order valence-corrected chi connectivity index (χ2v) is 6.68. The van der Waals surface area contributed by atoms with E-state index in [2.05, 4.69) is 41.2 Å². The lowest BCUT2D eigenvalue weighted by Crippen LogP contribution is -2.39. The number of hydrogen-bond donors (Lipinski definition) is 2. The van der Waals surface area contributed by atoms with Crippen molar-refractivity contribution < 1.29 is 4.42 Å². The Morgan fingerprint density at radius 3 is 2.65 bits per heavy atom. The van der Waals surface area contributed by atoms with Gasteiger partial charge in [0.2, 0.25) is 0 Å². The summed E-state index contributed by atoms with van der Waals surface area (Å²) in [6, 6.07) is 3.89. The van der Waals surface area contributed by atoms with E-state index in [4.69, 9.17) is 4.42 Å². The summed E-state index contributed by atoms with van der Waals surface area (Å²) in [5.41, 5.74) is 4.76. The predicted molar refractivity (Wildman–Crippen MR) is 107 cm³/mol. The number of nitrogens with one attached hydrogen (secondary N) is 2. The maximum Gasteiger partial charge on any atom is 0.191 e. The van der Waals surface area contributed by atoms with E-state index in [-0.39, 0.29) is 0 Å². The van der Waals surface area contributed by atoms with E-state index >= 15 is 0 Å². The summed E-state index contributed by atoms with van der Waals surface area (Å²) in [6.45, 7) is 12.4. The van der Waals surface area contributed by atoms with Crippen molar-refractivity contribution in [2.75, 3.05) is 19.6 Å². The Bertz CT molecular complexity index is 728. The summed E-state index contributed by atoms with van der Waals surface area (Å²) < 4.78 is 7.32. The number of rotatable bonds is 9. The number of aryl methyl sites for hydroxylation is 2. The van der Waals surface area contributed by atoms with Gasteiger partial charge in [-0.15, -0.1) is 0 Å². The first kappa shape index (κ1) is 19.8. The van der Waals surface area contributed by atoms with Crippen LogP contribution < -0.4 is 10.6 Å². The van der Waals surface area contributed by atoms with Gasteiger partial charge in [-0.05, 0) is 51.3 Å². The monoisotopic (exact) mass is 357 g/mol. The molecule has 0 aliphatic carbocycles. The fourth-order valence-electron chi connectivity index (χ4n) is 2.80. The lowest BCUT2D eigenvalue weighted by molar-refractivity contribution is 0.506. The Morgan fingerprint density at radius 1 is 1.27 bits per heavy atom. The molecule has 0 unspecified atom stereocenters. The van der Waals surface area contributed by atoms with Gasteiger partial charge in [-0.3, -0.25) is 4.68 Å². The van der Waals surface area contributed by atoms with Gasteiger partial charge in [-0.1, -0.05) is 12.2 Å². The molecule has 2 rings (SSSR count). The highest BCUT2D eigenvalue weighted by atomic mass is 16.3. The van der Waals surface area contributed by atoms with Crippen molar-refractivity contribution >= 4 is 5.96 Å². The molecule has 0 saturated carbocycles. The van der Waals surface area contributed by atoms with Gasteiger partial charge >= 0.3 is 0 Å². The van der Waals surface area contributed by atoms with E-state index in [0.717, 1.165) is 55.3 Å². The Labute approximate surface area is 156 Å². The standard InChI is InChI=1S/C20H31N5O/c1-15(2)14-23-20(22-12-10-18-8-7-13-26-18)21-11-6-9-19-16(3)24-25(5)17(19)4/h7-8,13H,1,6,9-12,14H2,2-5H3,(H2,21,22,23). The number of hydrogen-bond acceptors (Lipinski definition) is 3. The molecular weight excluding hydrogens is 326 g/mol. The molecule has 6 nitrogen and oxygen atoms in total. The van der Waals surface area contributed by atoms with Crippen LogP contribution >= 0.6 is 0 Å². The van der Waals surface area contributed by atoms with E-state index in [0.29, 0.717) is 6.54 Å². The quantitative estimate of drug-likeness (QED) is 0.313. The third kappa shape index (κ3) is 6.10. The van der Waals surface area contributed by atoms with E-state index < -0.39 is 0 Å². The van der Waals surface area contributed by atoms with Gasteiger partial charge < -0.3 is 15.1 Å². The molecule has 2 aromatic heterocycles. The fraction of sp³-hybridized carbons (Fsp3) is 0.500. The molecule has 0 amide bonds. The summed E-state index contributed by atoms with van der Waals surface area (Å²) in [5, 5.41) is 11.3. The Balaban J connectivity index is 1.79. The fourth-order valence-corrected chi connectivity index (χ4v) is 2.80. The lowest BCUT2D eigenvalue weighted by Gasteiger charge is -2.12. The average molecular weight is 358 g/mol. The van der Waals surface area contributed by atoms with Crippen LogP contribution in [-0.4, -0.2) is 35.4 Å². The highest BCUT2D eigenvalue weighted by molar-refractivity contribution is 5.79. The molecule has 2 N–H and O–H groups in total. The minimum atomic E-state index is 0.622. The van der Waals surface area contributed by atoms with E-state index in [1.165, 1.54) is 11.3 Å². The van der Waals surface area contributed by atoms with E-state index in [9.17, 15) is 0 Å². The zero-order chi connectivity index (χ0) is 18.9. The van der Waals surface area contributed by atoms with Gasteiger partial charge in [0.25, 0.3) is 0 Å². The van der Waals surface area contributed by atoms with Crippen molar-refractivity contribution in [3.63, 3.8) is 0 Å². The molecule has 0 aromatic carbocycles. The first-order chi connectivity index (χ1) is 12.5. The molecule has 142 valence electrons. The highest BCUT2D eigenvalue weighted by Crippen LogP contribution is 2.13. The van der Waals surface area contributed by atoms with Crippen LogP contribution in [0.4, 0.5) is 0 Å². The molecule has 0 aliphatic heterocycles. The Morgan fingerprint density at radius 2 is 2.04 bits per heavy atom. The lowest BCUT2D eigenvalue weighted by atomic mass is 10.1. The molecule has 0 radical (unpaired) electrons. The molecule has 0 saturated heterocycles.